The van der Waals surface area contributed by atoms with E-state index in [1.165, 1.54) is 0 Å². The Morgan fingerprint density at radius 2 is 2.50 bits per heavy atom. The van der Waals surface area contributed by atoms with Gasteiger partial charge in [-0.2, -0.15) is 5.26 Å². The van der Waals surface area contributed by atoms with E-state index in [1.54, 1.807) is 7.11 Å². The van der Waals surface area contributed by atoms with Gasteiger partial charge in [-0.3, -0.25) is 0 Å². The van der Waals surface area contributed by atoms with Crippen LogP contribution in [0.4, 0.5) is 0 Å². The van der Waals surface area contributed by atoms with Crippen LogP contribution < -0.4 is 0 Å². The fourth-order valence-electron chi connectivity index (χ4n) is 0.303. The summed E-state index contributed by atoms with van der Waals surface area (Å²) in [6, 6.07) is 1.96. The van der Waals surface area contributed by atoms with Gasteiger partial charge in [-0.05, 0) is 0 Å². The van der Waals surface area contributed by atoms with Crippen LogP contribution in [0.15, 0.2) is 0 Å². The van der Waals surface area contributed by atoms with E-state index in [-0.39, 0.29) is 6.10 Å². The molecule has 0 aromatic carbocycles. The lowest BCUT2D eigenvalue weighted by atomic mass is 10.3. The first-order chi connectivity index (χ1) is 3.85. The van der Waals surface area contributed by atoms with Crippen LogP contribution in [0.25, 0.3) is 0 Å². The number of ether oxygens (including phenoxy) is 1. The Morgan fingerprint density at radius 3 is 2.62 bits per heavy atom. The molecule has 0 aliphatic carbocycles. The summed E-state index contributed by atoms with van der Waals surface area (Å²) in [5.41, 5.74) is 0. The Morgan fingerprint density at radius 1 is 1.88 bits per heavy atom. The van der Waals surface area contributed by atoms with E-state index in [1.807, 2.05) is 6.07 Å². The lowest BCUT2D eigenvalue weighted by Crippen LogP contribution is -2.10. The zero-order valence-electron chi connectivity index (χ0n) is 4.72. The van der Waals surface area contributed by atoms with Crippen LogP contribution in [0, 0.1) is 11.3 Å². The third-order valence-corrected chi connectivity index (χ3v) is 1.17. The molecule has 0 rings (SSSR count). The van der Waals surface area contributed by atoms with Crippen molar-refractivity contribution in [1.82, 2.24) is 0 Å². The normalized spacial score (nSPS) is 12.6. The summed E-state index contributed by atoms with van der Waals surface area (Å²) >= 11 is 5.37. The summed E-state index contributed by atoms with van der Waals surface area (Å²) in [7, 11) is 1.55. The maximum absolute atomic E-state index is 8.11. The number of nitrogens with zero attached hydrogens (tertiary/aromatic N) is 1. The summed E-state index contributed by atoms with van der Waals surface area (Å²) in [4.78, 5) is 0. The fraction of sp³-hybridized carbons (Fsp3) is 0.800. The van der Waals surface area contributed by atoms with Gasteiger partial charge in [0.1, 0.15) is 0 Å². The molecule has 0 unspecified atom stereocenters. The molecule has 0 N–H and O–H groups in total. The van der Waals surface area contributed by atoms with Gasteiger partial charge in [0.15, 0.2) is 0 Å². The molecular formula is C5H8ClNO. The number of hydrogen-bond donors (Lipinski definition) is 0. The average Bonchev–Trinajstić information content (AvgIpc) is 1.83. The van der Waals surface area contributed by atoms with Crippen LogP contribution >= 0.6 is 11.6 Å². The third-order valence-electron chi connectivity index (χ3n) is 0.824. The Balaban J connectivity index is 3.25. The Hall–Kier alpha value is -0.260. The molecule has 0 aliphatic heterocycles. The minimum Gasteiger partial charge on any atom is -0.379 e. The van der Waals surface area contributed by atoms with E-state index >= 15 is 0 Å². The molecule has 0 spiro atoms. The summed E-state index contributed by atoms with van der Waals surface area (Å²) in [5.74, 6) is 0.393. The molecule has 2 nitrogen and oxygen atoms in total. The monoisotopic (exact) mass is 133 g/mol. The molecule has 3 heteroatoms. The minimum absolute atomic E-state index is 0.0957. The molecule has 0 amide bonds. The van der Waals surface area contributed by atoms with Crippen molar-refractivity contribution in [3.8, 4) is 6.07 Å². The fourth-order valence-corrected chi connectivity index (χ4v) is 0.538. The highest BCUT2D eigenvalue weighted by molar-refractivity contribution is 6.18. The van der Waals surface area contributed by atoms with Crippen LogP contribution in [-0.4, -0.2) is 19.1 Å². The lowest BCUT2D eigenvalue weighted by Gasteiger charge is -2.04. The predicted octanol–water partition coefficient (Wildman–Crippen LogP) is 1.15. The van der Waals surface area contributed by atoms with Crippen LogP contribution in [0.5, 0.6) is 0 Å². The van der Waals surface area contributed by atoms with Gasteiger partial charge in [0.2, 0.25) is 0 Å². The third kappa shape index (κ3) is 2.84. The van der Waals surface area contributed by atoms with Gasteiger partial charge in [0, 0.05) is 13.0 Å². The van der Waals surface area contributed by atoms with Gasteiger partial charge >= 0.3 is 0 Å². The molecule has 0 bridgehead atoms. The molecule has 0 fully saturated rings. The van der Waals surface area contributed by atoms with Crippen molar-refractivity contribution >= 4 is 11.6 Å². The SMILES string of the molecule is CO[C@H](CCl)CC#N. The predicted molar refractivity (Wildman–Crippen MR) is 31.7 cm³/mol. The number of alkyl halides is 1. The molecule has 0 aromatic rings. The number of nitriles is 1. The maximum atomic E-state index is 8.11. The quantitative estimate of drug-likeness (QED) is 0.542. The lowest BCUT2D eigenvalue weighted by molar-refractivity contribution is 0.125. The molecule has 0 aromatic heterocycles. The highest BCUT2D eigenvalue weighted by atomic mass is 35.5. The Bertz CT molecular complexity index is 84.9. The van der Waals surface area contributed by atoms with E-state index in [0.29, 0.717) is 12.3 Å². The number of halogens is 1. The number of hydrogen-bond acceptors (Lipinski definition) is 2. The van der Waals surface area contributed by atoms with Gasteiger partial charge in [-0.1, -0.05) is 0 Å². The average molecular weight is 134 g/mol. The summed E-state index contributed by atoms with van der Waals surface area (Å²) in [5, 5.41) is 8.11. The van der Waals surface area contributed by atoms with Crippen LogP contribution in [0.2, 0.25) is 0 Å². The summed E-state index contributed by atoms with van der Waals surface area (Å²) < 4.78 is 4.79. The maximum Gasteiger partial charge on any atom is 0.0836 e. The highest BCUT2D eigenvalue weighted by Gasteiger charge is 2.01. The molecule has 46 valence electrons. The second-order valence-corrected chi connectivity index (χ2v) is 1.68. The van der Waals surface area contributed by atoms with E-state index in [9.17, 15) is 0 Å². The van der Waals surface area contributed by atoms with E-state index in [0.717, 1.165) is 0 Å². The molecule has 0 aliphatic rings. The van der Waals surface area contributed by atoms with E-state index < -0.39 is 0 Å². The summed E-state index contributed by atoms with van der Waals surface area (Å²) in [6.45, 7) is 0. The van der Waals surface area contributed by atoms with Gasteiger partial charge < -0.3 is 4.74 Å². The number of rotatable bonds is 3. The Kier molecular flexibility index (Phi) is 4.73. The van der Waals surface area contributed by atoms with Crippen molar-refractivity contribution in [2.45, 2.75) is 12.5 Å². The van der Waals surface area contributed by atoms with Gasteiger partial charge in [-0.25, -0.2) is 0 Å². The zero-order valence-corrected chi connectivity index (χ0v) is 5.48. The molecule has 0 saturated heterocycles. The van der Waals surface area contributed by atoms with Crippen molar-refractivity contribution in [2.75, 3.05) is 13.0 Å². The number of methoxy groups -OCH3 is 1. The summed E-state index contributed by atoms with van der Waals surface area (Å²) in [6.07, 6.45) is 0.279. The molecule has 0 saturated carbocycles. The van der Waals surface area contributed by atoms with Crippen LogP contribution in [0.1, 0.15) is 6.42 Å². The van der Waals surface area contributed by atoms with E-state index in [4.69, 9.17) is 21.6 Å². The van der Waals surface area contributed by atoms with Crippen molar-refractivity contribution in [1.29, 1.82) is 5.26 Å². The largest absolute Gasteiger partial charge is 0.379 e. The zero-order chi connectivity index (χ0) is 6.41. The first kappa shape index (κ1) is 7.74. The first-order valence-electron chi connectivity index (χ1n) is 2.30. The van der Waals surface area contributed by atoms with Crippen LogP contribution in [-0.2, 0) is 4.74 Å². The van der Waals surface area contributed by atoms with Crippen molar-refractivity contribution in [3.63, 3.8) is 0 Å². The second-order valence-electron chi connectivity index (χ2n) is 1.37. The topological polar surface area (TPSA) is 33.0 Å². The first-order valence-corrected chi connectivity index (χ1v) is 2.84. The molecule has 0 radical (unpaired) electrons. The van der Waals surface area contributed by atoms with Gasteiger partial charge in [-0.15, -0.1) is 11.6 Å². The highest BCUT2D eigenvalue weighted by Crippen LogP contribution is 1.96. The van der Waals surface area contributed by atoms with Gasteiger partial charge in [0.05, 0.1) is 18.6 Å². The second kappa shape index (κ2) is 4.89. The molecule has 1 atom stereocenters. The molecule has 8 heavy (non-hydrogen) atoms. The Labute approximate surface area is 54.0 Å². The smallest absolute Gasteiger partial charge is 0.0836 e. The standard InChI is InChI=1S/C5H8ClNO/c1-8-5(4-6)2-3-7/h5H,2,4H2,1H3/t5-/m0/s1. The van der Waals surface area contributed by atoms with Gasteiger partial charge in [0.25, 0.3) is 0 Å². The molecular weight excluding hydrogens is 126 g/mol. The van der Waals surface area contributed by atoms with Crippen molar-refractivity contribution in [3.05, 3.63) is 0 Å². The van der Waals surface area contributed by atoms with Crippen molar-refractivity contribution in [2.24, 2.45) is 0 Å². The van der Waals surface area contributed by atoms with Crippen LogP contribution in [0.3, 0.4) is 0 Å². The van der Waals surface area contributed by atoms with E-state index in [2.05, 4.69) is 0 Å². The van der Waals surface area contributed by atoms with Crippen molar-refractivity contribution < 1.29 is 4.74 Å². The molecule has 0 heterocycles. The minimum atomic E-state index is -0.0957.